The van der Waals surface area contributed by atoms with Gasteiger partial charge in [0.1, 0.15) is 5.01 Å². The van der Waals surface area contributed by atoms with Crippen LogP contribution in [0.1, 0.15) is 38.8 Å². The van der Waals surface area contributed by atoms with Crippen LogP contribution in [0.5, 0.6) is 0 Å². The molecule has 0 saturated heterocycles. The molecule has 0 aliphatic rings. The molecule has 0 aliphatic carbocycles. The molecule has 1 N–H and O–H groups in total. The molecular formula is C14H15BrN2OS. The van der Waals surface area contributed by atoms with E-state index in [9.17, 15) is 4.79 Å². The van der Waals surface area contributed by atoms with Crippen LogP contribution in [0.15, 0.2) is 28.9 Å². The van der Waals surface area contributed by atoms with E-state index in [-0.39, 0.29) is 11.9 Å². The van der Waals surface area contributed by atoms with Crippen molar-refractivity contribution in [3.63, 3.8) is 0 Å². The molecule has 1 amide bonds. The van der Waals surface area contributed by atoms with Gasteiger partial charge in [0, 0.05) is 15.5 Å². The number of carbonyl (C=O) groups is 1. The van der Waals surface area contributed by atoms with E-state index in [2.05, 4.69) is 26.2 Å². The topological polar surface area (TPSA) is 42.0 Å². The Labute approximate surface area is 125 Å². The number of thiazole rings is 1. The summed E-state index contributed by atoms with van der Waals surface area (Å²) in [6.45, 7) is 5.92. The second-order valence-electron chi connectivity index (χ2n) is 4.49. The van der Waals surface area contributed by atoms with Crippen LogP contribution in [-0.4, -0.2) is 10.9 Å². The summed E-state index contributed by atoms with van der Waals surface area (Å²) in [6.07, 6.45) is 1.82. The number of hydrogen-bond donors (Lipinski definition) is 1. The van der Waals surface area contributed by atoms with Gasteiger partial charge in [-0.25, -0.2) is 4.98 Å². The lowest BCUT2D eigenvalue weighted by Crippen LogP contribution is -2.26. The molecule has 1 aromatic carbocycles. The van der Waals surface area contributed by atoms with Gasteiger partial charge in [-0.15, -0.1) is 11.3 Å². The van der Waals surface area contributed by atoms with Crippen molar-refractivity contribution < 1.29 is 4.79 Å². The van der Waals surface area contributed by atoms with Gasteiger partial charge in [-0.05, 0) is 48.8 Å². The highest BCUT2D eigenvalue weighted by Crippen LogP contribution is 2.22. The summed E-state index contributed by atoms with van der Waals surface area (Å²) in [6, 6.07) is 5.65. The maximum atomic E-state index is 12.2. The largest absolute Gasteiger partial charge is 0.343 e. The van der Waals surface area contributed by atoms with E-state index in [1.165, 1.54) is 0 Å². The first-order chi connectivity index (χ1) is 8.97. The van der Waals surface area contributed by atoms with Crippen molar-refractivity contribution in [2.45, 2.75) is 26.8 Å². The molecule has 0 fully saturated rings. The zero-order valence-electron chi connectivity index (χ0n) is 11.0. The molecule has 19 heavy (non-hydrogen) atoms. The molecule has 1 atom stereocenters. The minimum absolute atomic E-state index is 0.0846. The summed E-state index contributed by atoms with van der Waals surface area (Å²) >= 11 is 5.01. The Morgan fingerprint density at radius 3 is 2.79 bits per heavy atom. The molecule has 0 spiro atoms. The number of carbonyl (C=O) groups excluding carboxylic acids is 1. The van der Waals surface area contributed by atoms with Crippen molar-refractivity contribution in [3.05, 3.63) is 49.9 Å². The smallest absolute Gasteiger partial charge is 0.252 e. The van der Waals surface area contributed by atoms with E-state index in [1.807, 2.05) is 45.2 Å². The third kappa shape index (κ3) is 3.42. The summed E-state index contributed by atoms with van der Waals surface area (Å²) in [5.41, 5.74) is 1.71. The third-order valence-corrected chi connectivity index (χ3v) is 4.51. The van der Waals surface area contributed by atoms with E-state index in [4.69, 9.17) is 0 Å². The van der Waals surface area contributed by atoms with E-state index < -0.39 is 0 Å². The van der Waals surface area contributed by atoms with E-state index >= 15 is 0 Å². The number of nitrogens with zero attached hydrogens (tertiary/aromatic N) is 1. The average molecular weight is 339 g/mol. The maximum absolute atomic E-state index is 12.2. The summed E-state index contributed by atoms with van der Waals surface area (Å²) in [5.74, 6) is -0.0871. The van der Waals surface area contributed by atoms with Crippen molar-refractivity contribution >= 4 is 33.2 Å². The zero-order valence-corrected chi connectivity index (χ0v) is 13.4. The van der Waals surface area contributed by atoms with E-state index in [1.54, 1.807) is 11.3 Å². The predicted octanol–water partition coefficient (Wildman–Crippen LogP) is 4.01. The molecule has 1 unspecified atom stereocenters. The number of aromatic nitrogens is 1. The normalized spacial score (nSPS) is 12.2. The maximum Gasteiger partial charge on any atom is 0.252 e. The monoisotopic (exact) mass is 338 g/mol. The standard InChI is InChI=1S/C14H15BrN2OS/c1-8-4-5-12(15)11(6-8)13(18)17-10(3)14-16-7-9(2)19-14/h4-7,10H,1-3H3,(H,17,18). The number of nitrogens with one attached hydrogen (secondary N) is 1. The van der Waals surface area contributed by atoms with Crippen molar-refractivity contribution in [1.29, 1.82) is 0 Å². The predicted molar refractivity (Wildman–Crippen MR) is 81.6 cm³/mol. The van der Waals surface area contributed by atoms with Crippen LogP contribution in [0.25, 0.3) is 0 Å². The summed E-state index contributed by atoms with van der Waals surface area (Å²) < 4.78 is 0.804. The first-order valence-electron chi connectivity index (χ1n) is 5.96. The number of benzene rings is 1. The Hall–Kier alpha value is -1.20. The van der Waals surface area contributed by atoms with Gasteiger partial charge >= 0.3 is 0 Å². The fourth-order valence-corrected chi connectivity index (χ4v) is 2.92. The van der Waals surface area contributed by atoms with E-state index in [0.717, 1.165) is 19.9 Å². The Morgan fingerprint density at radius 2 is 2.16 bits per heavy atom. The minimum Gasteiger partial charge on any atom is -0.343 e. The molecule has 2 rings (SSSR count). The number of aryl methyl sites for hydroxylation is 2. The van der Waals surface area contributed by atoms with Gasteiger partial charge in [-0.1, -0.05) is 11.6 Å². The third-order valence-electron chi connectivity index (χ3n) is 2.72. The molecule has 1 aromatic heterocycles. The molecular weight excluding hydrogens is 324 g/mol. The van der Waals surface area contributed by atoms with Crippen LogP contribution in [0, 0.1) is 13.8 Å². The summed E-state index contributed by atoms with van der Waals surface area (Å²) in [4.78, 5) is 17.7. The average Bonchev–Trinajstić information content (AvgIpc) is 2.79. The van der Waals surface area contributed by atoms with Crippen LogP contribution in [0.2, 0.25) is 0 Å². The Morgan fingerprint density at radius 1 is 1.42 bits per heavy atom. The van der Waals surface area contributed by atoms with Gasteiger partial charge in [-0.3, -0.25) is 4.79 Å². The van der Waals surface area contributed by atoms with Crippen molar-refractivity contribution in [1.82, 2.24) is 10.3 Å². The number of amides is 1. The molecule has 0 radical (unpaired) electrons. The minimum atomic E-state index is -0.0871. The molecule has 0 saturated carbocycles. The highest BCUT2D eigenvalue weighted by Gasteiger charge is 2.16. The lowest BCUT2D eigenvalue weighted by Gasteiger charge is -2.12. The van der Waals surface area contributed by atoms with Gasteiger partial charge < -0.3 is 5.32 Å². The molecule has 100 valence electrons. The second-order valence-corrected chi connectivity index (χ2v) is 6.61. The van der Waals surface area contributed by atoms with Gasteiger partial charge in [0.15, 0.2) is 0 Å². The van der Waals surface area contributed by atoms with Gasteiger partial charge in [0.05, 0.1) is 11.6 Å². The van der Waals surface area contributed by atoms with Crippen molar-refractivity contribution in [2.24, 2.45) is 0 Å². The lowest BCUT2D eigenvalue weighted by atomic mass is 10.1. The Bertz CT molecular complexity index is 609. The fourth-order valence-electron chi connectivity index (χ4n) is 1.72. The number of halogens is 1. The summed E-state index contributed by atoms with van der Waals surface area (Å²) in [7, 11) is 0. The molecule has 0 aliphatic heterocycles. The molecule has 2 aromatic rings. The number of rotatable bonds is 3. The molecule has 5 heteroatoms. The van der Waals surface area contributed by atoms with Gasteiger partial charge in [-0.2, -0.15) is 0 Å². The molecule has 3 nitrogen and oxygen atoms in total. The highest BCUT2D eigenvalue weighted by molar-refractivity contribution is 9.10. The van der Waals surface area contributed by atoms with Crippen molar-refractivity contribution in [3.8, 4) is 0 Å². The SMILES string of the molecule is Cc1ccc(Br)c(C(=O)NC(C)c2ncc(C)s2)c1. The first kappa shape index (κ1) is 14.2. The zero-order chi connectivity index (χ0) is 14.0. The van der Waals surface area contributed by atoms with Gasteiger partial charge in [0.2, 0.25) is 0 Å². The van der Waals surface area contributed by atoms with Crippen molar-refractivity contribution in [2.75, 3.05) is 0 Å². The van der Waals surface area contributed by atoms with E-state index in [0.29, 0.717) is 5.56 Å². The van der Waals surface area contributed by atoms with Crippen LogP contribution >= 0.6 is 27.3 Å². The van der Waals surface area contributed by atoms with Crippen LogP contribution in [-0.2, 0) is 0 Å². The lowest BCUT2D eigenvalue weighted by molar-refractivity contribution is 0.0939. The Balaban J connectivity index is 2.15. The fraction of sp³-hybridized carbons (Fsp3) is 0.286. The number of hydrogen-bond acceptors (Lipinski definition) is 3. The van der Waals surface area contributed by atoms with Crippen LogP contribution in [0.4, 0.5) is 0 Å². The second kappa shape index (κ2) is 5.84. The first-order valence-corrected chi connectivity index (χ1v) is 7.57. The quantitative estimate of drug-likeness (QED) is 0.918. The van der Waals surface area contributed by atoms with Crippen LogP contribution in [0.3, 0.4) is 0 Å². The molecule has 0 bridgehead atoms. The summed E-state index contributed by atoms with van der Waals surface area (Å²) in [5, 5.41) is 3.90. The van der Waals surface area contributed by atoms with Gasteiger partial charge in [0.25, 0.3) is 5.91 Å². The Kier molecular flexibility index (Phi) is 4.37. The highest BCUT2D eigenvalue weighted by atomic mass is 79.9. The van der Waals surface area contributed by atoms with Crippen LogP contribution < -0.4 is 5.32 Å². The molecule has 1 heterocycles.